The van der Waals surface area contributed by atoms with Crippen LogP contribution in [0.1, 0.15) is 24.4 Å². The lowest BCUT2D eigenvalue weighted by Gasteiger charge is -2.35. The molecule has 17 heavy (non-hydrogen) atoms. The van der Waals surface area contributed by atoms with E-state index in [1.807, 2.05) is 19.2 Å². The van der Waals surface area contributed by atoms with Crippen molar-refractivity contribution in [1.29, 1.82) is 0 Å². The first kappa shape index (κ1) is 12.4. The molecule has 1 aromatic rings. The summed E-state index contributed by atoms with van der Waals surface area (Å²) in [6.07, 6.45) is 2.59. The fraction of sp³-hybridized carbons (Fsp3) is 0.571. The van der Waals surface area contributed by atoms with Crippen molar-refractivity contribution in [2.75, 3.05) is 32.9 Å². The van der Waals surface area contributed by atoms with Gasteiger partial charge in [0, 0.05) is 18.3 Å². The lowest BCUT2D eigenvalue weighted by atomic mass is 9.86. The number of likely N-dealkylation sites (tertiary alicyclic amines) is 1. The molecule has 3 nitrogen and oxygen atoms in total. The Balaban J connectivity index is 2.15. The summed E-state index contributed by atoms with van der Waals surface area (Å²) in [5.41, 5.74) is 8.04. The minimum absolute atomic E-state index is 0.418. The van der Waals surface area contributed by atoms with Crippen LogP contribution in [0.5, 0.6) is 0 Å². The molecule has 2 unspecified atom stereocenters. The van der Waals surface area contributed by atoms with Gasteiger partial charge in [-0.3, -0.25) is 0 Å². The summed E-state index contributed by atoms with van der Waals surface area (Å²) >= 11 is 0. The van der Waals surface area contributed by atoms with Gasteiger partial charge < -0.3 is 16.0 Å². The van der Waals surface area contributed by atoms with Crippen LogP contribution < -0.4 is 11.1 Å². The van der Waals surface area contributed by atoms with Crippen molar-refractivity contribution < 1.29 is 0 Å². The predicted octanol–water partition coefficient (Wildman–Crippen LogP) is 1.87. The van der Waals surface area contributed by atoms with E-state index in [9.17, 15) is 0 Å². The maximum Gasteiger partial charge on any atom is 0.0359 e. The SMILES string of the molecule is CNC(c1cccc(N)c1)C1CCCN(C)C1. The molecule has 1 aliphatic rings. The Morgan fingerprint density at radius 2 is 2.29 bits per heavy atom. The zero-order chi connectivity index (χ0) is 12.3. The van der Waals surface area contributed by atoms with E-state index in [4.69, 9.17) is 5.73 Å². The molecule has 1 saturated heterocycles. The van der Waals surface area contributed by atoms with Crippen LogP contribution in [0.15, 0.2) is 24.3 Å². The molecule has 3 heteroatoms. The molecule has 0 bridgehead atoms. The van der Waals surface area contributed by atoms with Gasteiger partial charge in [-0.15, -0.1) is 0 Å². The summed E-state index contributed by atoms with van der Waals surface area (Å²) < 4.78 is 0. The highest BCUT2D eigenvalue weighted by atomic mass is 15.1. The summed E-state index contributed by atoms with van der Waals surface area (Å²) in [5.74, 6) is 0.681. The van der Waals surface area contributed by atoms with Gasteiger partial charge in [0.2, 0.25) is 0 Å². The molecule has 0 saturated carbocycles. The molecular formula is C14H23N3. The number of benzene rings is 1. The number of nitrogens with one attached hydrogen (secondary N) is 1. The molecule has 1 aromatic carbocycles. The lowest BCUT2D eigenvalue weighted by molar-refractivity contribution is 0.177. The summed E-state index contributed by atoms with van der Waals surface area (Å²) in [4.78, 5) is 2.42. The van der Waals surface area contributed by atoms with Crippen LogP contribution in [0.2, 0.25) is 0 Å². The Morgan fingerprint density at radius 3 is 2.94 bits per heavy atom. The Bertz CT molecular complexity index is 364. The van der Waals surface area contributed by atoms with E-state index in [1.165, 1.54) is 31.5 Å². The standard InChI is InChI=1S/C14H23N3/c1-16-14(11-5-3-7-13(15)9-11)12-6-4-8-17(2)10-12/h3,5,7,9,12,14,16H,4,6,8,10,15H2,1-2H3. The zero-order valence-corrected chi connectivity index (χ0v) is 10.8. The third kappa shape index (κ3) is 2.99. The van der Waals surface area contributed by atoms with Crippen molar-refractivity contribution in [2.24, 2.45) is 5.92 Å². The highest BCUT2D eigenvalue weighted by Gasteiger charge is 2.25. The maximum atomic E-state index is 5.87. The molecule has 0 radical (unpaired) electrons. The van der Waals surface area contributed by atoms with E-state index in [2.05, 4.69) is 29.4 Å². The van der Waals surface area contributed by atoms with Gasteiger partial charge in [0.05, 0.1) is 0 Å². The van der Waals surface area contributed by atoms with Gasteiger partial charge in [-0.05, 0) is 57.1 Å². The number of nitrogen functional groups attached to an aromatic ring is 1. The summed E-state index contributed by atoms with van der Waals surface area (Å²) in [6.45, 7) is 2.39. The Kier molecular flexibility index (Phi) is 4.02. The topological polar surface area (TPSA) is 41.3 Å². The maximum absolute atomic E-state index is 5.87. The molecule has 94 valence electrons. The van der Waals surface area contributed by atoms with Gasteiger partial charge >= 0.3 is 0 Å². The Morgan fingerprint density at radius 1 is 1.47 bits per heavy atom. The summed E-state index contributed by atoms with van der Waals surface area (Å²) in [5, 5.41) is 3.45. The van der Waals surface area contributed by atoms with Gasteiger partial charge in [-0.25, -0.2) is 0 Å². The van der Waals surface area contributed by atoms with Gasteiger partial charge in [-0.2, -0.15) is 0 Å². The van der Waals surface area contributed by atoms with E-state index in [1.54, 1.807) is 0 Å². The molecule has 2 atom stereocenters. The second kappa shape index (κ2) is 5.52. The molecule has 2 rings (SSSR count). The molecule has 0 aromatic heterocycles. The van der Waals surface area contributed by atoms with Crippen LogP contribution in [0.25, 0.3) is 0 Å². The second-order valence-corrected chi connectivity index (χ2v) is 5.10. The fourth-order valence-corrected chi connectivity index (χ4v) is 2.91. The smallest absolute Gasteiger partial charge is 0.0359 e. The number of hydrogen-bond acceptors (Lipinski definition) is 3. The van der Waals surface area contributed by atoms with Crippen molar-refractivity contribution in [3.05, 3.63) is 29.8 Å². The number of rotatable bonds is 3. The van der Waals surface area contributed by atoms with Crippen LogP contribution in [-0.2, 0) is 0 Å². The molecule has 1 aliphatic heterocycles. The van der Waals surface area contributed by atoms with Crippen LogP contribution in [-0.4, -0.2) is 32.1 Å². The van der Waals surface area contributed by atoms with Gasteiger partial charge in [-0.1, -0.05) is 12.1 Å². The van der Waals surface area contributed by atoms with E-state index in [0.29, 0.717) is 12.0 Å². The van der Waals surface area contributed by atoms with Crippen molar-refractivity contribution >= 4 is 5.69 Å². The molecule has 1 heterocycles. The van der Waals surface area contributed by atoms with E-state index in [-0.39, 0.29) is 0 Å². The van der Waals surface area contributed by atoms with Gasteiger partial charge in [0.25, 0.3) is 0 Å². The lowest BCUT2D eigenvalue weighted by Crippen LogP contribution is -2.38. The van der Waals surface area contributed by atoms with Crippen molar-refractivity contribution in [1.82, 2.24) is 10.2 Å². The van der Waals surface area contributed by atoms with Gasteiger partial charge in [0.15, 0.2) is 0 Å². The average molecular weight is 233 g/mol. The van der Waals surface area contributed by atoms with E-state index in [0.717, 1.165) is 5.69 Å². The highest BCUT2D eigenvalue weighted by Crippen LogP contribution is 2.29. The van der Waals surface area contributed by atoms with Crippen LogP contribution in [0, 0.1) is 5.92 Å². The highest BCUT2D eigenvalue weighted by molar-refractivity contribution is 5.41. The normalized spacial score (nSPS) is 23.5. The van der Waals surface area contributed by atoms with Crippen molar-refractivity contribution in [3.63, 3.8) is 0 Å². The predicted molar refractivity (Wildman–Crippen MR) is 72.9 cm³/mol. The number of hydrogen-bond donors (Lipinski definition) is 2. The quantitative estimate of drug-likeness (QED) is 0.783. The Hall–Kier alpha value is -1.06. The molecule has 3 N–H and O–H groups in total. The van der Waals surface area contributed by atoms with Crippen LogP contribution in [0.4, 0.5) is 5.69 Å². The van der Waals surface area contributed by atoms with Gasteiger partial charge in [0.1, 0.15) is 0 Å². The monoisotopic (exact) mass is 233 g/mol. The number of anilines is 1. The molecule has 0 amide bonds. The fourth-order valence-electron chi connectivity index (χ4n) is 2.91. The van der Waals surface area contributed by atoms with Crippen LogP contribution >= 0.6 is 0 Å². The largest absolute Gasteiger partial charge is 0.399 e. The van der Waals surface area contributed by atoms with E-state index >= 15 is 0 Å². The minimum Gasteiger partial charge on any atom is -0.399 e. The first-order valence-corrected chi connectivity index (χ1v) is 6.42. The third-order valence-electron chi connectivity index (χ3n) is 3.71. The molecule has 0 spiro atoms. The molecule has 1 fully saturated rings. The first-order chi connectivity index (χ1) is 8.20. The van der Waals surface area contributed by atoms with Crippen molar-refractivity contribution in [3.8, 4) is 0 Å². The van der Waals surface area contributed by atoms with Crippen molar-refractivity contribution in [2.45, 2.75) is 18.9 Å². The summed E-state index contributed by atoms with van der Waals surface area (Å²) in [7, 11) is 4.25. The third-order valence-corrected chi connectivity index (χ3v) is 3.71. The van der Waals surface area contributed by atoms with Crippen LogP contribution in [0.3, 0.4) is 0 Å². The molecule has 0 aliphatic carbocycles. The number of nitrogens with zero attached hydrogens (tertiary/aromatic N) is 1. The zero-order valence-electron chi connectivity index (χ0n) is 10.8. The number of piperidine rings is 1. The first-order valence-electron chi connectivity index (χ1n) is 6.42. The number of nitrogens with two attached hydrogens (primary N) is 1. The minimum atomic E-state index is 0.418. The molecular weight excluding hydrogens is 210 g/mol. The second-order valence-electron chi connectivity index (χ2n) is 5.10. The average Bonchev–Trinajstić information content (AvgIpc) is 2.30. The van der Waals surface area contributed by atoms with E-state index < -0.39 is 0 Å². The Labute approximate surface area is 104 Å². The summed E-state index contributed by atoms with van der Waals surface area (Å²) in [6, 6.07) is 8.67.